The quantitative estimate of drug-likeness (QED) is 0.0724. The maximum absolute atomic E-state index is 13.1. The molecular formula is C51H53F6N6NaO8. The molecule has 0 unspecified atom stereocenters. The molecule has 0 radical (unpaired) electrons. The average Bonchev–Trinajstić information content (AvgIpc) is 3.91. The fourth-order valence-electron chi connectivity index (χ4n) is 10.9. The summed E-state index contributed by atoms with van der Waals surface area (Å²) in [7, 11) is 1.00. The Balaban J connectivity index is 0.000000222. The van der Waals surface area contributed by atoms with Crippen molar-refractivity contribution in [3.05, 3.63) is 142 Å². The standard InChI is InChI=1S/C26H26F3N3O3.C24H22F3N3O3.CH4O.Na.H2O/c1-2-35-24(34)18-11-25(12-18)13-20(14-25)31-23(33)21-15-30-32-8-4-6-17(22(21)32)9-16-5-3-7-19(10-16)26(27,28)29;25-24(26,27)17-5-1-3-14(8-17)7-15-4-2-6-30-20(15)19(13-28-30)21(31)29-18-11-23(12-18)9-16(10-23)22(32)33;1-2;;/h3-8,10,15,18,20H,2,9,11-14H2,1H3,(H,31,33);1-6,8,13,16,18H,7,9-12H2,(H,29,31)(H,32,33);2H,1H3;;1H2/q;;;+1;/p-1. The molecule has 4 aliphatic carbocycles. The molecule has 72 heavy (non-hydrogen) atoms. The van der Waals surface area contributed by atoms with Crippen molar-refractivity contribution in [2.24, 2.45) is 22.7 Å². The number of carbonyl (C=O) groups excluding carboxylic acids is 3. The molecule has 0 bridgehead atoms. The minimum atomic E-state index is -4.42. The van der Waals surface area contributed by atoms with Crippen molar-refractivity contribution in [3.63, 3.8) is 0 Å². The van der Waals surface area contributed by atoms with E-state index in [1.807, 2.05) is 0 Å². The van der Waals surface area contributed by atoms with Crippen LogP contribution >= 0.6 is 0 Å². The Hall–Kier alpha value is -5.80. The number of halogens is 6. The summed E-state index contributed by atoms with van der Waals surface area (Å²) in [6, 6.07) is 17.5. The topological polar surface area (TPSA) is 207 Å². The number of carboxylic acids is 1. The molecule has 4 aromatic heterocycles. The summed E-state index contributed by atoms with van der Waals surface area (Å²) in [5.74, 6) is -1.74. The molecule has 2 spiro atoms. The molecule has 0 aliphatic heterocycles. The fourth-order valence-corrected chi connectivity index (χ4v) is 10.9. The molecule has 4 heterocycles. The van der Waals surface area contributed by atoms with Crippen molar-refractivity contribution in [2.75, 3.05) is 13.7 Å². The van der Waals surface area contributed by atoms with E-state index in [1.54, 1.807) is 64.7 Å². The first kappa shape index (κ1) is 55.5. The Bertz CT molecular complexity index is 2910. The number of esters is 1. The number of carbonyl (C=O) groups is 4. The van der Waals surface area contributed by atoms with E-state index in [0.717, 1.165) is 75.5 Å². The molecule has 10 rings (SSSR count). The Labute approximate surface area is 432 Å². The number of aliphatic carboxylic acids is 1. The van der Waals surface area contributed by atoms with E-state index in [9.17, 15) is 45.5 Å². The number of aliphatic hydroxyl groups is 1. The van der Waals surface area contributed by atoms with Crippen LogP contribution in [0.2, 0.25) is 0 Å². The summed E-state index contributed by atoms with van der Waals surface area (Å²) in [6.07, 6.45) is 4.09. The number of benzene rings is 2. The number of rotatable bonds is 11. The van der Waals surface area contributed by atoms with Crippen LogP contribution < -0.4 is 40.2 Å². The number of nitrogens with one attached hydrogen (secondary N) is 2. The van der Waals surface area contributed by atoms with Gasteiger partial charge in [0.25, 0.3) is 11.8 Å². The number of nitrogens with zero attached hydrogens (tertiary/aromatic N) is 4. The third-order valence-corrected chi connectivity index (χ3v) is 14.1. The summed E-state index contributed by atoms with van der Waals surface area (Å²) in [5, 5.41) is 30.7. The van der Waals surface area contributed by atoms with Gasteiger partial charge in [0, 0.05) is 31.6 Å². The average molecular weight is 1010 g/mol. The second-order valence-electron chi connectivity index (χ2n) is 19.0. The second kappa shape index (κ2) is 22.1. The molecular weight excluding hydrogens is 962 g/mol. The van der Waals surface area contributed by atoms with Gasteiger partial charge in [-0.2, -0.15) is 36.5 Å². The van der Waals surface area contributed by atoms with Crippen LogP contribution in [0, 0.1) is 22.7 Å². The van der Waals surface area contributed by atoms with Crippen molar-refractivity contribution in [3.8, 4) is 0 Å². The summed E-state index contributed by atoms with van der Waals surface area (Å²) in [5.41, 5.74) is 3.07. The van der Waals surface area contributed by atoms with Gasteiger partial charge >= 0.3 is 53.8 Å². The van der Waals surface area contributed by atoms with Crippen LogP contribution in [-0.2, 0) is 39.5 Å². The molecule has 5 N–H and O–H groups in total. The maximum atomic E-state index is 13.1. The van der Waals surface area contributed by atoms with Gasteiger partial charge in [0.2, 0.25) is 0 Å². The number of pyridine rings is 2. The maximum Gasteiger partial charge on any atom is 1.00 e. The summed E-state index contributed by atoms with van der Waals surface area (Å²) >= 11 is 0. The summed E-state index contributed by atoms with van der Waals surface area (Å²) in [4.78, 5) is 49.0. The predicted molar refractivity (Wildman–Crippen MR) is 245 cm³/mol. The minimum Gasteiger partial charge on any atom is -0.870 e. The zero-order valence-electron chi connectivity index (χ0n) is 39.8. The molecule has 378 valence electrons. The minimum absolute atomic E-state index is 0. The monoisotopic (exact) mass is 1010 g/mol. The number of aromatic nitrogens is 4. The van der Waals surface area contributed by atoms with Crippen molar-refractivity contribution >= 4 is 34.8 Å². The van der Waals surface area contributed by atoms with Gasteiger partial charge in [0.1, 0.15) is 0 Å². The molecule has 6 aromatic rings. The van der Waals surface area contributed by atoms with Crippen molar-refractivity contribution in [1.29, 1.82) is 0 Å². The van der Waals surface area contributed by atoms with E-state index in [4.69, 9.17) is 14.9 Å². The largest absolute Gasteiger partial charge is 1.00 e. The molecule has 4 saturated carbocycles. The van der Waals surface area contributed by atoms with Gasteiger partial charge in [0.15, 0.2) is 0 Å². The van der Waals surface area contributed by atoms with Gasteiger partial charge in [-0.1, -0.05) is 48.5 Å². The molecule has 2 aromatic carbocycles. The molecule has 14 nitrogen and oxygen atoms in total. The van der Waals surface area contributed by atoms with Crippen LogP contribution in [0.5, 0.6) is 0 Å². The Morgan fingerprint density at radius 1 is 0.653 bits per heavy atom. The van der Waals surface area contributed by atoms with Crippen LogP contribution in [-0.4, -0.2) is 84.5 Å². The number of amides is 2. The Morgan fingerprint density at radius 3 is 1.43 bits per heavy atom. The molecule has 0 saturated heterocycles. The number of carboxylic acid groups (broad SMARTS) is 1. The number of fused-ring (bicyclic) bond motifs is 2. The Kier molecular flexibility index (Phi) is 17.1. The molecule has 21 heteroatoms. The van der Waals surface area contributed by atoms with Crippen LogP contribution in [0.1, 0.15) is 112 Å². The summed E-state index contributed by atoms with van der Waals surface area (Å²) in [6.45, 7) is 2.18. The number of ether oxygens (including phenoxy) is 1. The van der Waals surface area contributed by atoms with E-state index >= 15 is 0 Å². The zero-order valence-corrected chi connectivity index (χ0v) is 41.8. The SMILES string of the molecule is CCOC(=O)C1CC2(CC(NC(=O)c3cnn4cccc(Cc5cccc(C(F)(F)F)c5)c34)C2)C1.CO.O=C(NC1CC2(C1)CC(C(=O)O)C2)c1cnn2cccc(Cc3cccc(C(F)(F)F)c3)c12.[Na+].[OH-]. The van der Waals surface area contributed by atoms with Gasteiger partial charge in [-0.05, 0) is 128 Å². The molecule has 0 atom stereocenters. The Morgan fingerprint density at radius 2 is 1.06 bits per heavy atom. The van der Waals surface area contributed by atoms with Gasteiger partial charge in [0.05, 0.1) is 64.1 Å². The fraction of sp³-hybridized carbons (Fsp3) is 0.412. The van der Waals surface area contributed by atoms with Crippen LogP contribution in [0.4, 0.5) is 26.3 Å². The van der Waals surface area contributed by atoms with Crippen LogP contribution in [0.15, 0.2) is 97.6 Å². The van der Waals surface area contributed by atoms with Gasteiger partial charge in [-0.15, -0.1) is 0 Å². The van der Waals surface area contributed by atoms with Crippen molar-refractivity contribution in [2.45, 2.75) is 95.6 Å². The van der Waals surface area contributed by atoms with Crippen molar-refractivity contribution in [1.82, 2.24) is 29.9 Å². The van der Waals surface area contributed by atoms with E-state index in [-0.39, 0.29) is 100 Å². The van der Waals surface area contributed by atoms with E-state index in [1.165, 1.54) is 24.5 Å². The summed E-state index contributed by atoms with van der Waals surface area (Å²) < 4.78 is 86.9. The van der Waals surface area contributed by atoms with E-state index in [0.29, 0.717) is 58.3 Å². The van der Waals surface area contributed by atoms with Crippen molar-refractivity contribution < 1.29 is 95.5 Å². The van der Waals surface area contributed by atoms with Gasteiger partial charge in [-0.25, -0.2) is 9.03 Å². The van der Waals surface area contributed by atoms with E-state index in [2.05, 4.69) is 20.8 Å². The molecule has 2 amide bonds. The van der Waals surface area contributed by atoms with E-state index < -0.39 is 29.4 Å². The second-order valence-corrected chi connectivity index (χ2v) is 19.0. The predicted octanol–water partition coefficient (Wildman–Crippen LogP) is 5.55. The van der Waals surface area contributed by atoms with Gasteiger partial charge < -0.3 is 31.1 Å². The molecule has 4 fully saturated rings. The first-order valence-electron chi connectivity index (χ1n) is 23.0. The number of hydrogen-bond donors (Lipinski definition) is 4. The third kappa shape index (κ3) is 11.8. The third-order valence-electron chi connectivity index (χ3n) is 14.1. The first-order valence-corrected chi connectivity index (χ1v) is 23.0. The number of aliphatic hydroxyl groups excluding tert-OH is 1. The normalized spacial score (nSPS) is 22.7. The van der Waals surface area contributed by atoms with Crippen LogP contribution in [0.3, 0.4) is 0 Å². The number of hydrogen-bond acceptors (Lipinski definition) is 9. The zero-order chi connectivity index (χ0) is 50.2. The smallest absolute Gasteiger partial charge is 0.870 e. The molecule has 4 aliphatic rings. The number of alkyl halides is 6. The first-order chi connectivity index (χ1) is 33.3. The van der Waals surface area contributed by atoms with Crippen LogP contribution in [0.25, 0.3) is 11.0 Å². The van der Waals surface area contributed by atoms with Gasteiger partial charge in [-0.3, -0.25) is 19.2 Å².